The van der Waals surface area contributed by atoms with Crippen LogP contribution in [0.25, 0.3) is 11.1 Å². The highest BCUT2D eigenvalue weighted by molar-refractivity contribution is 5.86. The maximum Gasteiger partial charge on any atom is 0.333 e. The molecule has 0 bridgehead atoms. The molecule has 2 aromatic carbocycles. The molecule has 2 aliphatic rings. The molecule has 3 nitrogen and oxygen atoms in total. The van der Waals surface area contributed by atoms with Gasteiger partial charge in [0, 0.05) is 5.57 Å². The molecule has 0 aliphatic heterocycles. The third kappa shape index (κ3) is 8.56. The molecule has 2 fully saturated rings. The second-order valence-electron chi connectivity index (χ2n) is 12.8. The van der Waals surface area contributed by atoms with E-state index in [1.54, 1.807) is 6.92 Å². The Bertz CT molecular complexity index is 1040. The molecule has 1 unspecified atom stereocenters. The second-order valence-corrected chi connectivity index (χ2v) is 12.8. The van der Waals surface area contributed by atoms with E-state index in [0.29, 0.717) is 36.5 Å². The molecular formula is C37H53NO2. The maximum absolute atomic E-state index is 11.9. The maximum atomic E-state index is 11.9. The molecular weight excluding hydrogens is 490 g/mol. The molecule has 0 heterocycles. The van der Waals surface area contributed by atoms with Gasteiger partial charge < -0.3 is 10.5 Å². The normalized spacial score (nSPS) is 23.9. The molecule has 40 heavy (non-hydrogen) atoms. The SMILES string of the molecule is C=C(C)C(=O)OCC(CCN)C1CCC(C2CCC(c3ccc(-c4ccc(CCCCC)cc4)cc3)CC2)CC1. The third-order valence-electron chi connectivity index (χ3n) is 9.97. The van der Waals surface area contributed by atoms with Crippen molar-refractivity contribution in [2.45, 2.75) is 103 Å². The minimum Gasteiger partial charge on any atom is -0.462 e. The first kappa shape index (κ1) is 30.6. The zero-order chi connectivity index (χ0) is 28.3. The lowest BCUT2D eigenvalue weighted by Gasteiger charge is -2.39. The predicted octanol–water partition coefficient (Wildman–Crippen LogP) is 9.25. The largest absolute Gasteiger partial charge is 0.462 e. The van der Waals surface area contributed by atoms with Crippen LogP contribution >= 0.6 is 0 Å². The summed E-state index contributed by atoms with van der Waals surface area (Å²) in [6, 6.07) is 18.7. The summed E-state index contributed by atoms with van der Waals surface area (Å²) in [5.41, 5.74) is 12.0. The van der Waals surface area contributed by atoms with Gasteiger partial charge in [0.1, 0.15) is 0 Å². The van der Waals surface area contributed by atoms with E-state index in [1.807, 2.05) is 0 Å². The fraction of sp³-hybridized carbons (Fsp3) is 0.595. The quantitative estimate of drug-likeness (QED) is 0.156. The summed E-state index contributed by atoms with van der Waals surface area (Å²) in [6.07, 6.45) is 16.5. The van der Waals surface area contributed by atoms with Crippen LogP contribution in [0, 0.1) is 23.7 Å². The Balaban J connectivity index is 1.22. The Labute approximate surface area is 244 Å². The standard InChI is InChI=1S/C37H53NO2/c1-4-5-6-7-28-8-10-29(11-9-28)30-12-14-31(15-13-30)32-16-18-33(19-17-32)34-20-22-35(23-21-34)36(24-25-38)26-40-37(39)27(2)3/h8-15,32-36H,2,4-7,16-26,38H2,1,3H3. The van der Waals surface area contributed by atoms with Gasteiger partial charge in [0.05, 0.1) is 6.61 Å². The molecule has 4 rings (SSSR count). The second kappa shape index (κ2) is 15.6. The van der Waals surface area contributed by atoms with Crippen LogP contribution in [0.5, 0.6) is 0 Å². The molecule has 0 saturated heterocycles. The van der Waals surface area contributed by atoms with E-state index in [1.165, 1.54) is 99.3 Å². The zero-order valence-electron chi connectivity index (χ0n) is 25.2. The predicted molar refractivity (Wildman–Crippen MR) is 168 cm³/mol. The topological polar surface area (TPSA) is 52.3 Å². The fourth-order valence-corrected chi connectivity index (χ4v) is 7.38. The number of rotatable bonds is 13. The van der Waals surface area contributed by atoms with Crippen LogP contribution in [-0.2, 0) is 16.0 Å². The summed E-state index contributed by atoms with van der Waals surface area (Å²) in [6.45, 7) is 8.83. The van der Waals surface area contributed by atoms with Crippen LogP contribution in [0.2, 0.25) is 0 Å². The Morgan fingerprint density at radius 3 is 2.00 bits per heavy atom. The highest BCUT2D eigenvalue weighted by atomic mass is 16.5. The van der Waals surface area contributed by atoms with Crippen LogP contribution in [0.1, 0.15) is 108 Å². The van der Waals surface area contributed by atoms with E-state index < -0.39 is 0 Å². The first-order chi connectivity index (χ1) is 19.5. The highest BCUT2D eigenvalue weighted by Gasteiger charge is 2.33. The molecule has 0 aromatic heterocycles. The van der Waals surface area contributed by atoms with Crippen molar-refractivity contribution in [3.8, 4) is 11.1 Å². The lowest BCUT2D eigenvalue weighted by Crippen LogP contribution is -2.31. The molecule has 0 amide bonds. The Kier molecular flexibility index (Phi) is 11.9. The summed E-state index contributed by atoms with van der Waals surface area (Å²) in [5.74, 6) is 3.19. The van der Waals surface area contributed by atoms with Crippen molar-refractivity contribution in [1.29, 1.82) is 0 Å². The van der Waals surface area contributed by atoms with Crippen LogP contribution in [-0.4, -0.2) is 19.1 Å². The Morgan fingerprint density at radius 2 is 1.45 bits per heavy atom. The fourth-order valence-electron chi connectivity index (χ4n) is 7.38. The number of benzene rings is 2. The first-order valence-electron chi connectivity index (χ1n) is 16.2. The zero-order valence-corrected chi connectivity index (χ0v) is 25.2. The van der Waals surface area contributed by atoms with E-state index in [2.05, 4.69) is 62.0 Å². The van der Waals surface area contributed by atoms with E-state index in [-0.39, 0.29) is 5.97 Å². The number of esters is 1. The van der Waals surface area contributed by atoms with Crippen molar-refractivity contribution in [2.24, 2.45) is 29.4 Å². The molecule has 0 radical (unpaired) electrons. The monoisotopic (exact) mass is 543 g/mol. The smallest absolute Gasteiger partial charge is 0.333 e. The number of carbonyl (C=O) groups excluding carboxylic acids is 1. The average Bonchev–Trinajstić information content (AvgIpc) is 3.00. The van der Waals surface area contributed by atoms with Crippen molar-refractivity contribution in [2.75, 3.05) is 13.2 Å². The van der Waals surface area contributed by atoms with Crippen LogP contribution in [0.4, 0.5) is 0 Å². The van der Waals surface area contributed by atoms with Gasteiger partial charge in [-0.2, -0.15) is 0 Å². The van der Waals surface area contributed by atoms with Gasteiger partial charge >= 0.3 is 5.97 Å². The van der Waals surface area contributed by atoms with E-state index >= 15 is 0 Å². The van der Waals surface area contributed by atoms with Gasteiger partial charge in [-0.25, -0.2) is 4.79 Å². The Morgan fingerprint density at radius 1 is 0.875 bits per heavy atom. The average molecular weight is 544 g/mol. The molecule has 0 spiro atoms. The summed E-state index contributed by atoms with van der Waals surface area (Å²) in [5, 5.41) is 0. The number of unbranched alkanes of at least 4 members (excludes halogenated alkanes) is 2. The highest BCUT2D eigenvalue weighted by Crippen LogP contribution is 2.45. The first-order valence-corrected chi connectivity index (χ1v) is 16.2. The summed E-state index contributed by atoms with van der Waals surface area (Å²) in [4.78, 5) is 11.9. The lowest BCUT2D eigenvalue weighted by molar-refractivity contribution is -0.141. The van der Waals surface area contributed by atoms with Crippen LogP contribution in [0.3, 0.4) is 0 Å². The van der Waals surface area contributed by atoms with Gasteiger partial charge in [0.15, 0.2) is 0 Å². The molecule has 1 atom stereocenters. The van der Waals surface area contributed by atoms with Crippen LogP contribution in [0.15, 0.2) is 60.7 Å². The van der Waals surface area contributed by atoms with Crippen molar-refractivity contribution in [1.82, 2.24) is 0 Å². The summed E-state index contributed by atoms with van der Waals surface area (Å²) in [7, 11) is 0. The number of hydrogen-bond acceptors (Lipinski definition) is 3. The van der Waals surface area contributed by atoms with Crippen molar-refractivity contribution in [3.63, 3.8) is 0 Å². The Hall–Kier alpha value is -2.39. The third-order valence-corrected chi connectivity index (χ3v) is 9.97. The van der Waals surface area contributed by atoms with Gasteiger partial charge in [-0.1, -0.05) is 74.9 Å². The minimum atomic E-state index is -0.270. The lowest BCUT2D eigenvalue weighted by atomic mass is 9.66. The summed E-state index contributed by atoms with van der Waals surface area (Å²) >= 11 is 0. The van der Waals surface area contributed by atoms with E-state index in [0.717, 1.165) is 18.3 Å². The molecule has 2 aromatic rings. The number of ether oxygens (including phenoxy) is 1. The molecule has 2 aliphatic carbocycles. The van der Waals surface area contributed by atoms with Gasteiger partial charge in [-0.3, -0.25) is 0 Å². The molecule has 2 saturated carbocycles. The van der Waals surface area contributed by atoms with E-state index in [4.69, 9.17) is 10.5 Å². The van der Waals surface area contributed by atoms with Crippen molar-refractivity contribution in [3.05, 3.63) is 71.8 Å². The van der Waals surface area contributed by atoms with Crippen molar-refractivity contribution >= 4 is 5.97 Å². The number of aryl methyl sites for hydroxylation is 1. The van der Waals surface area contributed by atoms with Gasteiger partial charge in [-0.05, 0) is 136 Å². The molecule has 2 N–H and O–H groups in total. The van der Waals surface area contributed by atoms with Gasteiger partial charge in [0.2, 0.25) is 0 Å². The number of hydrogen-bond donors (Lipinski definition) is 1. The van der Waals surface area contributed by atoms with E-state index in [9.17, 15) is 4.79 Å². The molecule has 3 heteroatoms. The van der Waals surface area contributed by atoms with Gasteiger partial charge in [-0.15, -0.1) is 0 Å². The molecule has 218 valence electrons. The van der Waals surface area contributed by atoms with Gasteiger partial charge in [0.25, 0.3) is 0 Å². The minimum absolute atomic E-state index is 0.270. The van der Waals surface area contributed by atoms with Crippen LogP contribution < -0.4 is 5.73 Å². The number of nitrogens with two attached hydrogens (primary N) is 1. The summed E-state index contributed by atoms with van der Waals surface area (Å²) < 4.78 is 5.53. The van der Waals surface area contributed by atoms with Crippen molar-refractivity contribution < 1.29 is 9.53 Å². The number of carbonyl (C=O) groups is 1.